The Labute approximate surface area is 102 Å². The third-order valence-electron chi connectivity index (χ3n) is 2.00. The Kier molecular flexibility index (Phi) is 4.37. The molecule has 9 nitrogen and oxygen atoms in total. The maximum absolute atomic E-state index is 10.7. The number of rotatable bonds is 5. The molecule has 0 aromatic carbocycles. The molecule has 0 radical (unpaired) electrons. The highest BCUT2D eigenvalue weighted by Gasteiger charge is 2.15. The average molecular weight is 247 g/mol. The molecule has 3 N–H and O–H groups in total. The second-order valence-electron chi connectivity index (χ2n) is 3.14. The highest BCUT2D eigenvalue weighted by atomic mass is 16.6. The van der Waals surface area contributed by atoms with Crippen molar-refractivity contribution in [1.82, 2.24) is 4.98 Å². The molecule has 1 aromatic rings. The first-order chi connectivity index (χ1) is 8.62. The summed E-state index contributed by atoms with van der Waals surface area (Å²) in [6.45, 7) is -0.211. The van der Waals surface area contributed by atoms with Crippen LogP contribution >= 0.6 is 0 Å². The van der Waals surface area contributed by atoms with Crippen molar-refractivity contribution in [3.05, 3.63) is 22.2 Å². The summed E-state index contributed by atoms with van der Waals surface area (Å²) in [5, 5.41) is 28.0. The first-order valence-electron chi connectivity index (χ1n) is 4.74. The van der Waals surface area contributed by atoms with Crippen LogP contribution in [0.2, 0.25) is 0 Å². The van der Waals surface area contributed by atoms with Crippen LogP contribution in [0.15, 0.2) is 12.1 Å². The number of nitrogens with one attached hydrogen (secondary N) is 1. The molecule has 9 heteroatoms. The second-order valence-corrected chi connectivity index (χ2v) is 3.14. The summed E-state index contributed by atoms with van der Waals surface area (Å²) >= 11 is 0. The van der Waals surface area contributed by atoms with Crippen molar-refractivity contribution < 1.29 is 4.92 Å². The van der Waals surface area contributed by atoms with Crippen LogP contribution < -0.4 is 16.2 Å². The molecule has 92 valence electrons. The van der Waals surface area contributed by atoms with Gasteiger partial charge in [-0.1, -0.05) is 0 Å². The van der Waals surface area contributed by atoms with Gasteiger partial charge in [0.05, 0.1) is 29.2 Å². The van der Waals surface area contributed by atoms with Crippen molar-refractivity contribution in [2.24, 2.45) is 5.84 Å². The molecule has 0 fully saturated rings. The van der Waals surface area contributed by atoms with Gasteiger partial charge in [0.2, 0.25) is 0 Å². The minimum absolute atomic E-state index is 0.0834. The van der Waals surface area contributed by atoms with Crippen molar-refractivity contribution in [1.29, 1.82) is 10.5 Å². The Morgan fingerprint density at radius 3 is 2.50 bits per heavy atom. The zero-order valence-corrected chi connectivity index (χ0v) is 9.20. The van der Waals surface area contributed by atoms with E-state index in [1.54, 1.807) is 0 Å². The SMILES string of the molecule is N#CCN(CC#N)c1cc([N+](=O)[O-])cc(NN)n1. The summed E-state index contributed by atoms with van der Waals surface area (Å²) in [4.78, 5) is 15.4. The van der Waals surface area contributed by atoms with Gasteiger partial charge in [-0.3, -0.25) is 10.1 Å². The number of nitrogens with two attached hydrogens (primary N) is 1. The molecule has 0 aliphatic rings. The Morgan fingerprint density at radius 2 is 2.06 bits per heavy atom. The zero-order chi connectivity index (χ0) is 13.5. The van der Waals surface area contributed by atoms with Crippen molar-refractivity contribution in [2.45, 2.75) is 0 Å². The number of nitro groups is 1. The van der Waals surface area contributed by atoms with E-state index in [0.717, 1.165) is 6.07 Å². The van der Waals surface area contributed by atoms with Gasteiger partial charge in [0, 0.05) is 0 Å². The molecule has 0 bridgehead atoms. The number of aromatic nitrogens is 1. The minimum Gasteiger partial charge on any atom is -0.330 e. The standard InChI is InChI=1S/C9H9N7O2/c10-1-3-15(4-2-11)9-6-7(16(17)18)5-8(13-9)14-12/h5-6H,3-4,12H2,(H,13,14). The molecule has 0 aliphatic heterocycles. The summed E-state index contributed by atoms with van der Waals surface area (Å²) < 4.78 is 0. The van der Waals surface area contributed by atoms with Gasteiger partial charge in [-0.2, -0.15) is 10.5 Å². The lowest BCUT2D eigenvalue weighted by Gasteiger charge is -2.17. The summed E-state index contributed by atoms with van der Waals surface area (Å²) in [6, 6.07) is 6.03. The molecular weight excluding hydrogens is 238 g/mol. The molecule has 0 saturated heterocycles. The molecule has 0 amide bonds. The van der Waals surface area contributed by atoms with E-state index >= 15 is 0 Å². The van der Waals surface area contributed by atoms with Crippen LogP contribution in [0.5, 0.6) is 0 Å². The monoisotopic (exact) mass is 247 g/mol. The fraction of sp³-hybridized carbons (Fsp3) is 0.222. The van der Waals surface area contributed by atoms with Crippen LogP contribution in [0.1, 0.15) is 0 Å². The molecule has 1 heterocycles. The van der Waals surface area contributed by atoms with E-state index < -0.39 is 4.92 Å². The third-order valence-corrected chi connectivity index (χ3v) is 2.00. The Morgan fingerprint density at radius 1 is 1.44 bits per heavy atom. The van der Waals surface area contributed by atoms with Crippen LogP contribution in [-0.4, -0.2) is 23.0 Å². The number of hydrogen-bond acceptors (Lipinski definition) is 8. The summed E-state index contributed by atoms with van der Waals surface area (Å²) in [5.74, 6) is 5.37. The molecule has 1 rings (SSSR count). The first-order valence-corrected chi connectivity index (χ1v) is 4.74. The van der Waals surface area contributed by atoms with E-state index in [2.05, 4.69) is 10.4 Å². The van der Waals surface area contributed by atoms with Crippen molar-refractivity contribution in [3.8, 4) is 12.1 Å². The number of nitrogens with zero attached hydrogens (tertiary/aromatic N) is 5. The van der Waals surface area contributed by atoms with E-state index in [9.17, 15) is 10.1 Å². The fourth-order valence-corrected chi connectivity index (χ4v) is 1.23. The number of anilines is 2. The first kappa shape index (κ1) is 13.2. The van der Waals surface area contributed by atoms with Gasteiger partial charge in [0.25, 0.3) is 5.69 Å². The summed E-state index contributed by atoms with van der Waals surface area (Å²) in [5.41, 5.74) is 1.97. The molecule has 0 spiro atoms. The summed E-state index contributed by atoms with van der Waals surface area (Å²) in [6.07, 6.45) is 0. The molecular formula is C9H9N7O2. The van der Waals surface area contributed by atoms with Crippen molar-refractivity contribution >= 4 is 17.3 Å². The van der Waals surface area contributed by atoms with Gasteiger partial charge in [0.1, 0.15) is 24.7 Å². The molecule has 18 heavy (non-hydrogen) atoms. The second kappa shape index (κ2) is 5.98. The van der Waals surface area contributed by atoms with E-state index in [1.807, 2.05) is 12.1 Å². The molecule has 0 atom stereocenters. The highest BCUT2D eigenvalue weighted by molar-refractivity contribution is 5.56. The fourth-order valence-electron chi connectivity index (χ4n) is 1.23. The topological polar surface area (TPSA) is 145 Å². The van der Waals surface area contributed by atoms with Crippen LogP contribution in [0.3, 0.4) is 0 Å². The zero-order valence-electron chi connectivity index (χ0n) is 9.20. The molecule has 0 saturated carbocycles. The van der Waals surface area contributed by atoms with Gasteiger partial charge in [-0.05, 0) is 0 Å². The van der Waals surface area contributed by atoms with Gasteiger partial charge < -0.3 is 10.3 Å². The van der Waals surface area contributed by atoms with Crippen LogP contribution in [0, 0.1) is 32.8 Å². The predicted octanol–water partition coefficient (Wildman–Crippen LogP) is 0.129. The van der Waals surface area contributed by atoms with Gasteiger partial charge in [0.15, 0.2) is 0 Å². The van der Waals surface area contributed by atoms with Gasteiger partial charge in [-0.15, -0.1) is 0 Å². The lowest BCUT2D eigenvalue weighted by molar-refractivity contribution is -0.384. The van der Waals surface area contributed by atoms with Crippen LogP contribution in [-0.2, 0) is 0 Å². The number of nitrogen functional groups attached to an aromatic ring is 1. The van der Waals surface area contributed by atoms with E-state index in [0.29, 0.717) is 0 Å². The number of hydrazine groups is 1. The lowest BCUT2D eigenvalue weighted by Crippen LogP contribution is -2.25. The quantitative estimate of drug-likeness (QED) is 0.323. The van der Waals surface area contributed by atoms with E-state index in [1.165, 1.54) is 11.0 Å². The van der Waals surface area contributed by atoms with E-state index in [4.69, 9.17) is 16.4 Å². The van der Waals surface area contributed by atoms with E-state index in [-0.39, 0.29) is 30.4 Å². The van der Waals surface area contributed by atoms with Gasteiger partial charge >= 0.3 is 0 Å². The number of nitriles is 2. The largest absolute Gasteiger partial charge is 0.330 e. The van der Waals surface area contributed by atoms with Crippen molar-refractivity contribution in [3.63, 3.8) is 0 Å². The van der Waals surface area contributed by atoms with Crippen LogP contribution in [0.4, 0.5) is 17.3 Å². The minimum atomic E-state index is -0.608. The number of hydrogen-bond donors (Lipinski definition) is 2. The smallest absolute Gasteiger partial charge is 0.276 e. The van der Waals surface area contributed by atoms with Crippen LogP contribution in [0.25, 0.3) is 0 Å². The molecule has 0 unspecified atom stereocenters. The highest BCUT2D eigenvalue weighted by Crippen LogP contribution is 2.22. The van der Waals surface area contributed by atoms with Crippen molar-refractivity contribution in [2.75, 3.05) is 23.4 Å². The lowest BCUT2D eigenvalue weighted by atomic mass is 10.3. The third kappa shape index (κ3) is 3.04. The molecule has 0 aliphatic carbocycles. The Balaban J connectivity index is 3.21. The summed E-state index contributed by atoms with van der Waals surface area (Å²) in [7, 11) is 0. The molecule has 1 aromatic heterocycles. The predicted molar refractivity (Wildman–Crippen MR) is 62.1 cm³/mol. The number of pyridine rings is 1. The maximum Gasteiger partial charge on any atom is 0.276 e. The average Bonchev–Trinajstić information content (AvgIpc) is 2.37. The maximum atomic E-state index is 10.7. The Hall–Kier alpha value is -2.91. The van der Waals surface area contributed by atoms with Gasteiger partial charge in [-0.25, -0.2) is 10.8 Å². The normalized spacial score (nSPS) is 9.06. The Bertz CT molecular complexity index is 515.